The Labute approximate surface area is 152 Å². The fraction of sp³-hybridized carbons (Fsp3) is 0.409. The molecule has 2 N–H and O–H groups in total. The maximum atomic E-state index is 10.3. The molecule has 0 aliphatic rings. The lowest BCUT2D eigenvalue weighted by molar-refractivity contribution is -0.136. The molecule has 0 aliphatic heterocycles. The van der Waals surface area contributed by atoms with Crippen molar-refractivity contribution in [2.24, 2.45) is 0 Å². The van der Waals surface area contributed by atoms with E-state index in [1.165, 1.54) is 0 Å². The van der Waals surface area contributed by atoms with Gasteiger partial charge in [0.1, 0.15) is 0 Å². The standard InChI is InChI=1S/C22H32O3/c1-2-3-4-15-18-21(23)19-16-13-11-9-7-5-6-8-10-12-14-17-20-22(24)25/h3-4,6-9,12-16,18,21,23H,2,5,10-11,17,19-20H2,1H3,(H,24,25)/b4-3-,8-6-,9-7-,14-12-,16-13-,18-15+. The third-order valence-electron chi connectivity index (χ3n) is 3.20. The normalized spacial score (nSPS) is 14.3. The van der Waals surface area contributed by atoms with E-state index in [0.717, 1.165) is 25.7 Å². The maximum Gasteiger partial charge on any atom is 0.303 e. The Morgan fingerprint density at radius 2 is 1.40 bits per heavy atom. The van der Waals surface area contributed by atoms with E-state index in [0.29, 0.717) is 12.8 Å². The van der Waals surface area contributed by atoms with E-state index < -0.39 is 12.1 Å². The van der Waals surface area contributed by atoms with E-state index in [1.54, 1.807) is 6.08 Å². The fourth-order valence-electron chi connectivity index (χ4n) is 1.86. The maximum absolute atomic E-state index is 10.3. The number of hydrogen-bond donors (Lipinski definition) is 2. The highest BCUT2D eigenvalue weighted by atomic mass is 16.4. The lowest BCUT2D eigenvalue weighted by Crippen LogP contribution is -1.98. The number of carboxylic acids is 1. The van der Waals surface area contributed by atoms with Gasteiger partial charge in [0, 0.05) is 6.42 Å². The molecule has 3 nitrogen and oxygen atoms in total. The molecular weight excluding hydrogens is 312 g/mol. The van der Waals surface area contributed by atoms with Crippen molar-refractivity contribution in [1.82, 2.24) is 0 Å². The van der Waals surface area contributed by atoms with Crippen molar-refractivity contribution in [2.75, 3.05) is 0 Å². The van der Waals surface area contributed by atoms with Crippen LogP contribution >= 0.6 is 0 Å². The van der Waals surface area contributed by atoms with Crippen molar-refractivity contribution in [3.05, 3.63) is 72.9 Å². The summed E-state index contributed by atoms with van der Waals surface area (Å²) in [7, 11) is 0. The average Bonchev–Trinajstić information content (AvgIpc) is 2.58. The van der Waals surface area contributed by atoms with Crippen molar-refractivity contribution >= 4 is 5.97 Å². The zero-order valence-corrected chi connectivity index (χ0v) is 15.3. The van der Waals surface area contributed by atoms with Gasteiger partial charge in [-0.05, 0) is 38.5 Å². The minimum atomic E-state index is -0.755. The Hall–Kier alpha value is -2.13. The summed E-state index contributed by atoms with van der Waals surface area (Å²) in [5.41, 5.74) is 0. The second-order valence-corrected chi connectivity index (χ2v) is 5.55. The van der Waals surface area contributed by atoms with Crippen molar-refractivity contribution in [3.8, 4) is 0 Å². The van der Waals surface area contributed by atoms with Crippen LogP contribution in [0.15, 0.2) is 72.9 Å². The lowest BCUT2D eigenvalue weighted by Gasteiger charge is -1.98. The predicted octanol–water partition coefficient (Wildman–Crippen LogP) is 5.52. The van der Waals surface area contributed by atoms with Crippen LogP contribution in [0.2, 0.25) is 0 Å². The minimum absolute atomic E-state index is 0.194. The van der Waals surface area contributed by atoms with Gasteiger partial charge < -0.3 is 10.2 Å². The van der Waals surface area contributed by atoms with E-state index in [4.69, 9.17) is 5.11 Å². The summed E-state index contributed by atoms with van der Waals surface area (Å²) >= 11 is 0. The molecule has 0 saturated heterocycles. The Bertz CT molecular complexity index is 493. The Kier molecular flexibility index (Phi) is 16.7. The highest BCUT2D eigenvalue weighted by Gasteiger charge is 1.92. The first-order valence-electron chi connectivity index (χ1n) is 9.00. The van der Waals surface area contributed by atoms with E-state index in [1.807, 2.05) is 36.5 Å². The molecule has 0 amide bonds. The first-order valence-corrected chi connectivity index (χ1v) is 9.00. The SMILES string of the molecule is CC/C=C\C=C\C(O)C/C=C\C/C=C\C/C=C\C/C=C\CCC(=O)O. The number of aliphatic carboxylic acids is 1. The van der Waals surface area contributed by atoms with E-state index >= 15 is 0 Å². The first kappa shape index (κ1) is 22.9. The molecular formula is C22H32O3. The molecule has 0 aromatic carbocycles. The van der Waals surface area contributed by atoms with Crippen LogP contribution in [-0.2, 0) is 4.79 Å². The lowest BCUT2D eigenvalue weighted by atomic mass is 10.2. The molecule has 0 aliphatic carbocycles. The summed E-state index contributed by atoms with van der Waals surface area (Å²) < 4.78 is 0. The summed E-state index contributed by atoms with van der Waals surface area (Å²) in [5.74, 6) is -0.755. The molecule has 0 saturated carbocycles. The van der Waals surface area contributed by atoms with Crippen molar-refractivity contribution in [1.29, 1.82) is 0 Å². The zero-order chi connectivity index (χ0) is 18.6. The zero-order valence-electron chi connectivity index (χ0n) is 15.3. The van der Waals surface area contributed by atoms with Gasteiger partial charge >= 0.3 is 5.97 Å². The van der Waals surface area contributed by atoms with Gasteiger partial charge in [0.15, 0.2) is 0 Å². The van der Waals surface area contributed by atoms with Crippen LogP contribution in [0.5, 0.6) is 0 Å². The molecule has 0 bridgehead atoms. The van der Waals surface area contributed by atoms with Crippen molar-refractivity contribution in [3.63, 3.8) is 0 Å². The molecule has 0 aromatic heterocycles. The number of hydrogen-bond acceptors (Lipinski definition) is 2. The molecule has 138 valence electrons. The quantitative estimate of drug-likeness (QED) is 0.322. The summed E-state index contributed by atoms with van der Waals surface area (Å²) in [6.07, 6.45) is 28.6. The average molecular weight is 344 g/mol. The Balaban J connectivity index is 3.65. The third-order valence-corrected chi connectivity index (χ3v) is 3.20. The number of aliphatic hydroxyl groups excluding tert-OH is 1. The van der Waals surface area contributed by atoms with Gasteiger partial charge in [-0.25, -0.2) is 0 Å². The van der Waals surface area contributed by atoms with Crippen molar-refractivity contribution < 1.29 is 15.0 Å². The summed E-state index contributed by atoms with van der Waals surface area (Å²) in [6, 6.07) is 0. The van der Waals surface area contributed by atoms with E-state index in [9.17, 15) is 9.90 Å². The molecule has 0 fully saturated rings. The summed E-state index contributed by atoms with van der Waals surface area (Å²) in [6.45, 7) is 2.08. The van der Waals surface area contributed by atoms with Crippen LogP contribution < -0.4 is 0 Å². The smallest absolute Gasteiger partial charge is 0.303 e. The molecule has 0 aromatic rings. The molecule has 3 heteroatoms. The van der Waals surface area contributed by atoms with Gasteiger partial charge in [-0.3, -0.25) is 4.79 Å². The highest BCUT2D eigenvalue weighted by Crippen LogP contribution is 1.99. The molecule has 0 heterocycles. The number of aliphatic hydroxyl groups is 1. The van der Waals surface area contributed by atoms with Crippen LogP contribution in [-0.4, -0.2) is 22.3 Å². The van der Waals surface area contributed by atoms with Gasteiger partial charge in [-0.1, -0.05) is 79.8 Å². The molecule has 1 atom stereocenters. The molecule has 0 rings (SSSR count). The van der Waals surface area contributed by atoms with Gasteiger partial charge in [0.2, 0.25) is 0 Å². The van der Waals surface area contributed by atoms with Gasteiger partial charge in [0.25, 0.3) is 0 Å². The van der Waals surface area contributed by atoms with E-state index in [2.05, 4.69) is 37.3 Å². The van der Waals surface area contributed by atoms with E-state index in [-0.39, 0.29) is 6.42 Å². The summed E-state index contributed by atoms with van der Waals surface area (Å²) in [4.78, 5) is 10.3. The molecule has 1 unspecified atom stereocenters. The second-order valence-electron chi connectivity index (χ2n) is 5.55. The molecule has 0 spiro atoms. The van der Waals surface area contributed by atoms with Gasteiger partial charge in [-0.2, -0.15) is 0 Å². The minimum Gasteiger partial charge on any atom is -0.481 e. The van der Waals surface area contributed by atoms with Crippen LogP contribution in [0.3, 0.4) is 0 Å². The Morgan fingerprint density at radius 3 is 1.96 bits per heavy atom. The summed E-state index contributed by atoms with van der Waals surface area (Å²) in [5, 5.41) is 18.2. The largest absolute Gasteiger partial charge is 0.481 e. The monoisotopic (exact) mass is 344 g/mol. The second kappa shape index (κ2) is 18.2. The number of carbonyl (C=O) groups is 1. The molecule has 25 heavy (non-hydrogen) atoms. The predicted molar refractivity (Wildman–Crippen MR) is 106 cm³/mol. The molecule has 0 radical (unpaired) electrons. The number of carboxylic acid groups (broad SMARTS) is 1. The topological polar surface area (TPSA) is 57.5 Å². The number of allylic oxidation sites excluding steroid dienone is 10. The Morgan fingerprint density at radius 1 is 0.840 bits per heavy atom. The van der Waals surface area contributed by atoms with Gasteiger partial charge in [0.05, 0.1) is 6.10 Å². The number of rotatable bonds is 14. The van der Waals surface area contributed by atoms with Crippen LogP contribution in [0.25, 0.3) is 0 Å². The van der Waals surface area contributed by atoms with Crippen molar-refractivity contribution in [2.45, 2.75) is 58.0 Å². The highest BCUT2D eigenvalue weighted by molar-refractivity contribution is 5.66. The van der Waals surface area contributed by atoms with Crippen LogP contribution in [0.1, 0.15) is 51.9 Å². The van der Waals surface area contributed by atoms with Gasteiger partial charge in [-0.15, -0.1) is 0 Å². The van der Waals surface area contributed by atoms with Crippen LogP contribution in [0, 0.1) is 0 Å². The fourth-order valence-corrected chi connectivity index (χ4v) is 1.86. The van der Waals surface area contributed by atoms with Crippen LogP contribution in [0.4, 0.5) is 0 Å². The first-order chi connectivity index (χ1) is 12.2. The third kappa shape index (κ3) is 19.8.